The Labute approximate surface area is 135 Å². The molecule has 0 aliphatic heterocycles. The van der Waals surface area contributed by atoms with E-state index >= 15 is 0 Å². The summed E-state index contributed by atoms with van der Waals surface area (Å²) in [5, 5.41) is 9.05. The maximum absolute atomic E-state index is 12.7. The molecule has 1 aromatic heterocycles. The van der Waals surface area contributed by atoms with Gasteiger partial charge >= 0.3 is 6.18 Å². The number of rotatable bonds is 3. The lowest BCUT2D eigenvalue weighted by Crippen LogP contribution is -2.19. The zero-order valence-electron chi connectivity index (χ0n) is 12.5. The number of benzene rings is 1. The minimum atomic E-state index is -4.64. The van der Waals surface area contributed by atoms with E-state index in [1.54, 1.807) is 18.2 Å². The highest BCUT2D eigenvalue weighted by Gasteiger charge is 2.33. The number of alkyl halides is 3. The van der Waals surface area contributed by atoms with Crippen molar-refractivity contribution in [2.75, 3.05) is 0 Å². The van der Waals surface area contributed by atoms with Crippen LogP contribution in [0.1, 0.15) is 30.3 Å². The molecule has 0 atom stereocenters. The number of halogens is 3. The predicted octanol–water partition coefficient (Wildman–Crippen LogP) is 2.95. The molecule has 1 aliphatic rings. The number of nitrogens with two attached hydrogens (primary N) is 2. The molecule has 124 valence electrons. The normalized spacial score (nSPS) is 16.4. The Bertz CT molecular complexity index is 895. The Morgan fingerprint density at radius 2 is 2.08 bits per heavy atom. The lowest BCUT2D eigenvalue weighted by Gasteiger charge is -2.10. The fraction of sp³-hybridized carbons (Fsp3) is 0.250. The van der Waals surface area contributed by atoms with Gasteiger partial charge in [-0.05, 0) is 37.1 Å². The van der Waals surface area contributed by atoms with Gasteiger partial charge < -0.3 is 16.0 Å². The summed E-state index contributed by atoms with van der Waals surface area (Å²) in [4.78, 5) is 4.39. The molecule has 1 fully saturated rings. The van der Waals surface area contributed by atoms with Crippen molar-refractivity contribution in [2.45, 2.75) is 25.1 Å². The molecule has 2 aromatic rings. The van der Waals surface area contributed by atoms with Gasteiger partial charge in [0.2, 0.25) is 0 Å². The first-order valence-electron chi connectivity index (χ1n) is 7.24. The largest absolute Gasteiger partial charge is 0.430 e. The van der Waals surface area contributed by atoms with Gasteiger partial charge in [-0.15, -0.1) is 0 Å². The molecule has 1 aliphatic carbocycles. The SMILES string of the molecule is N#Cc1ccc2nc(C(/C=C(\N)C(F)(F)F)=C/N)n(C3CC3)c2c1. The molecule has 1 saturated carbocycles. The van der Waals surface area contributed by atoms with Gasteiger partial charge in [-0.3, -0.25) is 0 Å². The van der Waals surface area contributed by atoms with Gasteiger partial charge in [0.25, 0.3) is 0 Å². The zero-order valence-corrected chi connectivity index (χ0v) is 12.5. The number of hydrogen-bond donors (Lipinski definition) is 2. The highest BCUT2D eigenvalue weighted by atomic mass is 19.4. The Hall–Kier alpha value is -2.95. The summed E-state index contributed by atoms with van der Waals surface area (Å²) < 4.78 is 40.0. The third kappa shape index (κ3) is 2.80. The highest BCUT2D eigenvalue weighted by molar-refractivity contribution is 5.83. The smallest absolute Gasteiger partial charge is 0.404 e. The van der Waals surface area contributed by atoms with E-state index in [1.807, 2.05) is 10.6 Å². The van der Waals surface area contributed by atoms with Crippen molar-refractivity contribution < 1.29 is 13.2 Å². The van der Waals surface area contributed by atoms with E-state index < -0.39 is 11.9 Å². The molecule has 24 heavy (non-hydrogen) atoms. The van der Waals surface area contributed by atoms with Crippen molar-refractivity contribution >= 4 is 16.6 Å². The van der Waals surface area contributed by atoms with Crippen LogP contribution in [0.2, 0.25) is 0 Å². The van der Waals surface area contributed by atoms with Gasteiger partial charge in [0.1, 0.15) is 11.5 Å². The van der Waals surface area contributed by atoms with Crippen molar-refractivity contribution in [3.63, 3.8) is 0 Å². The molecule has 0 unspecified atom stereocenters. The lowest BCUT2D eigenvalue weighted by molar-refractivity contribution is -0.0925. The summed E-state index contributed by atoms with van der Waals surface area (Å²) in [7, 11) is 0. The summed E-state index contributed by atoms with van der Waals surface area (Å²) >= 11 is 0. The van der Waals surface area contributed by atoms with E-state index in [-0.39, 0.29) is 11.6 Å². The van der Waals surface area contributed by atoms with Crippen molar-refractivity contribution in [1.82, 2.24) is 9.55 Å². The quantitative estimate of drug-likeness (QED) is 0.845. The standard InChI is InChI=1S/C16H14F3N5/c17-16(18,19)14(22)6-10(8-21)15-23-12-4-1-9(7-20)5-13(12)24(15)11-2-3-11/h1,4-6,8,11H,2-3,21-22H2/b10-8+,14-6-. The Morgan fingerprint density at radius 1 is 1.38 bits per heavy atom. The van der Waals surface area contributed by atoms with E-state index in [0.717, 1.165) is 25.1 Å². The zero-order chi connectivity index (χ0) is 17.5. The first kappa shape index (κ1) is 15.9. The van der Waals surface area contributed by atoms with Gasteiger partial charge in [-0.2, -0.15) is 18.4 Å². The molecule has 1 aromatic carbocycles. The van der Waals surface area contributed by atoms with Crippen molar-refractivity contribution in [3.8, 4) is 6.07 Å². The molecule has 8 heteroatoms. The van der Waals surface area contributed by atoms with Crippen LogP contribution in [0.15, 0.2) is 36.2 Å². The van der Waals surface area contributed by atoms with Crippen LogP contribution in [0.25, 0.3) is 16.6 Å². The third-order valence-corrected chi connectivity index (χ3v) is 3.81. The summed E-state index contributed by atoms with van der Waals surface area (Å²) in [6.07, 6.45) is -1.01. The summed E-state index contributed by atoms with van der Waals surface area (Å²) in [6.45, 7) is 0. The molecule has 0 spiro atoms. The van der Waals surface area contributed by atoms with E-state index in [1.165, 1.54) is 0 Å². The van der Waals surface area contributed by atoms with Crippen LogP contribution in [-0.4, -0.2) is 15.7 Å². The van der Waals surface area contributed by atoms with Crippen molar-refractivity contribution in [1.29, 1.82) is 5.26 Å². The third-order valence-electron chi connectivity index (χ3n) is 3.81. The first-order chi connectivity index (χ1) is 11.3. The van der Waals surface area contributed by atoms with Crippen LogP contribution in [-0.2, 0) is 0 Å². The number of allylic oxidation sites excluding steroid dienone is 3. The van der Waals surface area contributed by atoms with Crippen molar-refractivity contribution in [3.05, 3.63) is 47.6 Å². The van der Waals surface area contributed by atoms with Crippen LogP contribution in [0.3, 0.4) is 0 Å². The summed E-state index contributed by atoms with van der Waals surface area (Å²) in [5.74, 6) is 0.317. The average Bonchev–Trinajstić information content (AvgIpc) is 3.31. The topological polar surface area (TPSA) is 93.7 Å². The van der Waals surface area contributed by atoms with Gasteiger partial charge in [0, 0.05) is 17.8 Å². The molecular weight excluding hydrogens is 319 g/mol. The number of nitrogens with zero attached hydrogens (tertiary/aromatic N) is 3. The van der Waals surface area contributed by atoms with Crippen LogP contribution in [0, 0.1) is 11.3 Å². The van der Waals surface area contributed by atoms with Crippen molar-refractivity contribution in [2.24, 2.45) is 11.5 Å². The van der Waals surface area contributed by atoms with Gasteiger partial charge in [-0.25, -0.2) is 4.98 Å². The first-order valence-corrected chi connectivity index (χ1v) is 7.24. The maximum atomic E-state index is 12.7. The fourth-order valence-corrected chi connectivity index (χ4v) is 2.51. The number of nitriles is 1. The number of hydrogen-bond acceptors (Lipinski definition) is 4. The lowest BCUT2D eigenvalue weighted by atomic mass is 10.2. The van der Waals surface area contributed by atoms with E-state index in [2.05, 4.69) is 4.98 Å². The Kier molecular flexibility index (Phi) is 3.72. The second-order valence-electron chi connectivity index (χ2n) is 5.57. The van der Waals surface area contributed by atoms with Crippen LogP contribution < -0.4 is 11.5 Å². The predicted molar refractivity (Wildman–Crippen MR) is 83.2 cm³/mol. The van der Waals surface area contributed by atoms with Gasteiger partial charge in [-0.1, -0.05) is 0 Å². The molecular formula is C16H14F3N5. The van der Waals surface area contributed by atoms with Gasteiger partial charge in [0.05, 0.1) is 22.7 Å². The van der Waals surface area contributed by atoms with Crippen LogP contribution in [0.4, 0.5) is 13.2 Å². The molecule has 5 nitrogen and oxygen atoms in total. The fourth-order valence-electron chi connectivity index (χ4n) is 2.51. The molecule has 3 rings (SSSR count). The maximum Gasteiger partial charge on any atom is 0.430 e. The van der Waals surface area contributed by atoms with E-state index in [9.17, 15) is 13.2 Å². The van der Waals surface area contributed by atoms with E-state index in [0.29, 0.717) is 22.4 Å². The molecule has 0 bridgehead atoms. The second-order valence-corrected chi connectivity index (χ2v) is 5.57. The minimum absolute atomic E-state index is 0.0893. The Balaban J connectivity index is 2.18. The summed E-state index contributed by atoms with van der Waals surface area (Å²) in [5.41, 5.74) is 11.2. The highest BCUT2D eigenvalue weighted by Crippen LogP contribution is 2.40. The van der Waals surface area contributed by atoms with Gasteiger partial charge in [0.15, 0.2) is 0 Å². The minimum Gasteiger partial charge on any atom is -0.404 e. The molecule has 1 heterocycles. The van der Waals surface area contributed by atoms with Crippen LogP contribution in [0.5, 0.6) is 0 Å². The Morgan fingerprint density at radius 3 is 2.62 bits per heavy atom. The molecule has 4 N–H and O–H groups in total. The second kappa shape index (κ2) is 5.60. The molecule has 0 saturated heterocycles. The number of fused-ring (bicyclic) bond motifs is 1. The monoisotopic (exact) mass is 333 g/mol. The number of imidazole rings is 1. The summed E-state index contributed by atoms with van der Waals surface area (Å²) in [6, 6.07) is 7.14. The van der Waals surface area contributed by atoms with Crippen LogP contribution >= 0.6 is 0 Å². The molecule has 0 amide bonds. The van der Waals surface area contributed by atoms with E-state index in [4.69, 9.17) is 16.7 Å². The average molecular weight is 333 g/mol. The number of aromatic nitrogens is 2. The molecule has 0 radical (unpaired) electrons.